The Hall–Kier alpha value is -2.25. The summed E-state index contributed by atoms with van der Waals surface area (Å²) in [6.07, 6.45) is -5.53. The van der Waals surface area contributed by atoms with Crippen molar-refractivity contribution in [1.82, 2.24) is 0 Å². The topological polar surface area (TPSA) is 57.1 Å². The van der Waals surface area contributed by atoms with Crippen molar-refractivity contribution >= 4 is 11.7 Å². The molecule has 0 saturated carbocycles. The molecule has 0 aliphatic carbocycles. The van der Waals surface area contributed by atoms with Crippen LogP contribution < -0.4 is 9.47 Å². The van der Waals surface area contributed by atoms with Crippen molar-refractivity contribution < 1.29 is 32.3 Å². The van der Waals surface area contributed by atoms with Crippen molar-refractivity contribution in [3.05, 3.63) is 23.8 Å². The van der Waals surface area contributed by atoms with E-state index in [4.69, 9.17) is 14.3 Å². The van der Waals surface area contributed by atoms with Gasteiger partial charge < -0.3 is 14.3 Å². The van der Waals surface area contributed by atoms with Gasteiger partial charge in [0, 0.05) is 12.8 Å². The molecule has 0 N–H and O–H groups in total. The molecule has 0 spiro atoms. The highest BCUT2D eigenvalue weighted by Crippen LogP contribution is 2.37. The number of carbonyl (C=O) groups is 1. The zero-order valence-corrected chi connectivity index (χ0v) is 11.9. The van der Waals surface area contributed by atoms with Gasteiger partial charge in [0.25, 0.3) is 0 Å². The van der Waals surface area contributed by atoms with Crippen molar-refractivity contribution in [3.8, 4) is 11.5 Å². The van der Waals surface area contributed by atoms with Crippen LogP contribution in [0.1, 0.15) is 31.4 Å². The standard InChI is InChI=1S/C14H14F3NO4/c1-3-13(19)21-9-5-4-8(6-11(9)20-2)10-7-12(18-22-10)14(15,16)17/h4-6,10H,3,7H2,1-2H3. The third-order valence-electron chi connectivity index (χ3n) is 3.07. The van der Waals surface area contributed by atoms with Gasteiger partial charge in [-0.25, -0.2) is 0 Å². The van der Waals surface area contributed by atoms with E-state index >= 15 is 0 Å². The number of methoxy groups -OCH3 is 1. The zero-order chi connectivity index (χ0) is 16.3. The van der Waals surface area contributed by atoms with Crippen molar-refractivity contribution in [2.75, 3.05) is 7.11 Å². The van der Waals surface area contributed by atoms with E-state index in [1.165, 1.54) is 25.3 Å². The van der Waals surface area contributed by atoms with Gasteiger partial charge in [-0.15, -0.1) is 0 Å². The van der Waals surface area contributed by atoms with Crippen LogP contribution in [0.3, 0.4) is 0 Å². The average molecular weight is 317 g/mol. The molecule has 1 aliphatic rings. The normalized spacial score (nSPS) is 17.7. The van der Waals surface area contributed by atoms with Gasteiger partial charge >= 0.3 is 12.1 Å². The van der Waals surface area contributed by atoms with Gasteiger partial charge in [-0.3, -0.25) is 4.79 Å². The minimum Gasteiger partial charge on any atom is -0.493 e. The smallest absolute Gasteiger partial charge is 0.432 e. The molecule has 1 aromatic rings. The Labute approximate surface area is 124 Å². The van der Waals surface area contributed by atoms with Gasteiger partial charge in [-0.1, -0.05) is 18.1 Å². The van der Waals surface area contributed by atoms with Crippen LogP contribution in [0.2, 0.25) is 0 Å². The molecule has 120 valence electrons. The Morgan fingerprint density at radius 1 is 1.41 bits per heavy atom. The fourth-order valence-corrected chi connectivity index (χ4v) is 1.89. The maximum absolute atomic E-state index is 12.5. The third-order valence-corrected chi connectivity index (χ3v) is 3.07. The number of nitrogens with zero attached hydrogens (tertiary/aromatic N) is 1. The highest BCUT2D eigenvalue weighted by molar-refractivity contribution is 5.90. The lowest BCUT2D eigenvalue weighted by Crippen LogP contribution is -2.21. The lowest BCUT2D eigenvalue weighted by Gasteiger charge is -2.13. The molecule has 5 nitrogen and oxygen atoms in total. The van der Waals surface area contributed by atoms with E-state index in [-0.39, 0.29) is 24.3 Å². The number of alkyl halides is 3. The molecule has 1 unspecified atom stereocenters. The molecule has 8 heteroatoms. The van der Waals surface area contributed by atoms with E-state index < -0.39 is 24.0 Å². The zero-order valence-electron chi connectivity index (χ0n) is 11.9. The first-order valence-corrected chi connectivity index (χ1v) is 6.53. The van der Waals surface area contributed by atoms with E-state index in [1.807, 2.05) is 0 Å². The van der Waals surface area contributed by atoms with Gasteiger partial charge in [0.1, 0.15) is 0 Å². The van der Waals surface area contributed by atoms with E-state index in [0.717, 1.165) is 0 Å². The van der Waals surface area contributed by atoms with Crippen molar-refractivity contribution in [3.63, 3.8) is 0 Å². The molecule has 1 heterocycles. The fraction of sp³-hybridized carbons (Fsp3) is 0.429. The minimum absolute atomic E-state index is 0.194. The summed E-state index contributed by atoms with van der Waals surface area (Å²) in [6.45, 7) is 1.64. The Morgan fingerprint density at radius 2 is 2.14 bits per heavy atom. The lowest BCUT2D eigenvalue weighted by molar-refractivity contribution is -0.134. The van der Waals surface area contributed by atoms with Crippen molar-refractivity contribution in [2.24, 2.45) is 5.16 Å². The van der Waals surface area contributed by atoms with Crippen LogP contribution in [0.4, 0.5) is 13.2 Å². The first-order valence-electron chi connectivity index (χ1n) is 6.53. The van der Waals surface area contributed by atoms with Gasteiger partial charge in [-0.05, 0) is 17.7 Å². The molecule has 0 fully saturated rings. The molecule has 0 radical (unpaired) electrons. The van der Waals surface area contributed by atoms with Crippen LogP contribution in [-0.2, 0) is 9.63 Å². The maximum Gasteiger partial charge on any atom is 0.432 e. The largest absolute Gasteiger partial charge is 0.493 e. The molecular weight excluding hydrogens is 303 g/mol. The monoisotopic (exact) mass is 317 g/mol. The molecule has 2 rings (SSSR count). The molecule has 22 heavy (non-hydrogen) atoms. The summed E-state index contributed by atoms with van der Waals surface area (Å²) in [5.41, 5.74) is -0.505. The Morgan fingerprint density at radius 3 is 2.68 bits per heavy atom. The summed E-state index contributed by atoms with van der Waals surface area (Å²) < 4.78 is 47.8. The van der Waals surface area contributed by atoms with E-state index in [2.05, 4.69) is 5.16 Å². The van der Waals surface area contributed by atoms with Gasteiger partial charge in [0.15, 0.2) is 23.3 Å². The second-order valence-electron chi connectivity index (χ2n) is 4.57. The summed E-state index contributed by atoms with van der Waals surface area (Å²) in [6, 6.07) is 4.44. The van der Waals surface area contributed by atoms with Crippen LogP contribution in [0.15, 0.2) is 23.4 Å². The summed E-state index contributed by atoms with van der Waals surface area (Å²) >= 11 is 0. The first-order chi connectivity index (χ1) is 10.3. The second-order valence-corrected chi connectivity index (χ2v) is 4.57. The summed E-state index contributed by atoms with van der Waals surface area (Å²) in [4.78, 5) is 16.1. The predicted molar refractivity (Wildman–Crippen MR) is 70.9 cm³/mol. The van der Waals surface area contributed by atoms with E-state index in [9.17, 15) is 18.0 Å². The maximum atomic E-state index is 12.5. The van der Waals surface area contributed by atoms with Gasteiger partial charge in [-0.2, -0.15) is 13.2 Å². The lowest BCUT2D eigenvalue weighted by atomic mass is 10.0. The minimum atomic E-state index is -4.50. The quantitative estimate of drug-likeness (QED) is 0.631. The highest BCUT2D eigenvalue weighted by Gasteiger charge is 2.42. The SMILES string of the molecule is CCC(=O)Oc1ccc(C2CC(C(F)(F)F)=NO2)cc1OC. The number of halogens is 3. The number of hydrogen-bond donors (Lipinski definition) is 0. The number of benzene rings is 1. The Kier molecular flexibility index (Phi) is 4.58. The number of oxime groups is 1. The number of hydrogen-bond acceptors (Lipinski definition) is 5. The molecule has 1 atom stereocenters. The average Bonchev–Trinajstić information content (AvgIpc) is 2.97. The third kappa shape index (κ3) is 3.49. The van der Waals surface area contributed by atoms with E-state index in [1.54, 1.807) is 6.92 Å². The number of esters is 1. The molecule has 0 saturated heterocycles. The Bertz CT molecular complexity index is 598. The van der Waals surface area contributed by atoms with Crippen LogP contribution >= 0.6 is 0 Å². The fourth-order valence-electron chi connectivity index (χ4n) is 1.89. The van der Waals surface area contributed by atoms with Crippen LogP contribution in [0, 0.1) is 0 Å². The van der Waals surface area contributed by atoms with Crippen LogP contribution in [0.25, 0.3) is 0 Å². The highest BCUT2D eigenvalue weighted by atomic mass is 19.4. The van der Waals surface area contributed by atoms with Crippen LogP contribution in [-0.4, -0.2) is 25.0 Å². The number of carbonyl (C=O) groups excluding carboxylic acids is 1. The molecular formula is C14H14F3NO4. The molecule has 0 bridgehead atoms. The molecule has 1 aromatic carbocycles. The Balaban J connectivity index is 2.16. The van der Waals surface area contributed by atoms with Gasteiger partial charge in [0.05, 0.1) is 7.11 Å². The summed E-state index contributed by atoms with van der Waals surface area (Å²) in [7, 11) is 1.37. The molecule has 0 aromatic heterocycles. The first kappa shape index (κ1) is 16.1. The van der Waals surface area contributed by atoms with Crippen molar-refractivity contribution in [2.45, 2.75) is 32.0 Å². The molecule has 1 aliphatic heterocycles. The summed E-state index contributed by atoms with van der Waals surface area (Å²) in [5, 5.41) is 3.07. The predicted octanol–water partition coefficient (Wildman–Crippen LogP) is 3.39. The second kappa shape index (κ2) is 6.25. The number of rotatable bonds is 4. The molecule has 0 amide bonds. The van der Waals surface area contributed by atoms with Crippen molar-refractivity contribution in [1.29, 1.82) is 0 Å². The number of ether oxygens (including phenoxy) is 2. The van der Waals surface area contributed by atoms with Crippen LogP contribution in [0.5, 0.6) is 11.5 Å². The summed E-state index contributed by atoms with van der Waals surface area (Å²) in [5.74, 6) is 0.00211. The van der Waals surface area contributed by atoms with Gasteiger partial charge in [0.2, 0.25) is 0 Å². The van der Waals surface area contributed by atoms with E-state index in [0.29, 0.717) is 5.56 Å².